The van der Waals surface area contributed by atoms with E-state index in [-0.39, 0.29) is 24.0 Å². The highest BCUT2D eigenvalue weighted by Crippen LogP contribution is 2.22. The SMILES string of the molecule is COC(=O)[C@H]1CCC[C@@H](C(=O)OC)N1C. The van der Waals surface area contributed by atoms with Gasteiger partial charge in [-0.2, -0.15) is 0 Å². The van der Waals surface area contributed by atoms with Crippen molar-refractivity contribution in [2.75, 3.05) is 21.3 Å². The molecule has 1 fully saturated rings. The molecule has 5 nitrogen and oxygen atoms in total. The molecule has 1 heterocycles. The van der Waals surface area contributed by atoms with Crippen molar-refractivity contribution < 1.29 is 19.1 Å². The van der Waals surface area contributed by atoms with Crippen molar-refractivity contribution in [1.82, 2.24) is 4.90 Å². The highest BCUT2D eigenvalue weighted by molar-refractivity contribution is 5.80. The molecule has 5 heteroatoms. The Kier molecular flexibility index (Phi) is 4.08. The van der Waals surface area contributed by atoms with Crippen LogP contribution in [0.4, 0.5) is 0 Å². The molecule has 1 saturated heterocycles. The van der Waals surface area contributed by atoms with Crippen LogP contribution in [0.3, 0.4) is 0 Å². The van der Waals surface area contributed by atoms with Crippen LogP contribution in [-0.2, 0) is 19.1 Å². The van der Waals surface area contributed by atoms with E-state index in [1.807, 2.05) is 0 Å². The molecule has 0 aromatic rings. The first kappa shape index (κ1) is 12.0. The van der Waals surface area contributed by atoms with Crippen molar-refractivity contribution in [2.24, 2.45) is 0 Å². The Hall–Kier alpha value is -1.10. The van der Waals surface area contributed by atoms with Gasteiger partial charge in [-0.15, -0.1) is 0 Å². The van der Waals surface area contributed by atoms with Crippen LogP contribution >= 0.6 is 0 Å². The van der Waals surface area contributed by atoms with E-state index in [4.69, 9.17) is 0 Å². The Balaban J connectivity index is 2.70. The number of ether oxygens (including phenoxy) is 2. The van der Waals surface area contributed by atoms with Gasteiger partial charge < -0.3 is 9.47 Å². The average molecular weight is 215 g/mol. The zero-order chi connectivity index (χ0) is 11.4. The Morgan fingerprint density at radius 2 is 1.47 bits per heavy atom. The molecule has 0 N–H and O–H groups in total. The fourth-order valence-corrected chi connectivity index (χ4v) is 1.97. The summed E-state index contributed by atoms with van der Waals surface area (Å²) in [5.41, 5.74) is 0. The van der Waals surface area contributed by atoms with Gasteiger partial charge in [0.15, 0.2) is 0 Å². The van der Waals surface area contributed by atoms with Gasteiger partial charge in [-0.05, 0) is 26.3 Å². The van der Waals surface area contributed by atoms with Crippen molar-refractivity contribution in [2.45, 2.75) is 31.3 Å². The van der Waals surface area contributed by atoms with Crippen LogP contribution in [0.25, 0.3) is 0 Å². The van der Waals surface area contributed by atoms with Gasteiger partial charge in [0.25, 0.3) is 0 Å². The van der Waals surface area contributed by atoms with Gasteiger partial charge in [-0.3, -0.25) is 14.5 Å². The maximum absolute atomic E-state index is 11.4. The smallest absolute Gasteiger partial charge is 0.323 e. The molecule has 0 amide bonds. The van der Waals surface area contributed by atoms with Gasteiger partial charge in [0.05, 0.1) is 14.2 Å². The van der Waals surface area contributed by atoms with E-state index in [1.54, 1.807) is 11.9 Å². The van der Waals surface area contributed by atoms with Crippen molar-refractivity contribution >= 4 is 11.9 Å². The number of esters is 2. The topological polar surface area (TPSA) is 55.8 Å². The molecule has 0 aromatic carbocycles. The molecular formula is C10H17NO4. The van der Waals surface area contributed by atoms with E-state index in [9.17, 15) is 9.59 Å². The zero-order valence-electron chi connectivity index (χ0n) is 9.36. The van der Waals surface area contributed by atoms with Crippen molar-refractivity contribution in [1.29, 1.82) is 0 Å². The number of carbonyl (C=O) groups excluding carboxylic acids is 2. The quantitative estimate of drug-likeness (QED) is 0.615. The molecule has 1 rings (SSSR count). The number of rotatable bonds is 2. The third kappa shape index (κ3) is 2.47. The Morgan fingerprint density at radius 3 is 1.80 bits per heavy atom. The maximum atomic E-state index is 11.4. The summed E-state index contributed by atoms with van der Waals surface area (Å²) in [5, 5.41) is 0. The van der Waals surface area contributed by atoms with Crippen molar-refractivity contribution in [3.63, 3.8) is 0 Å². The van der Waals surface area contributed by atoms with Crippen LogP contribution in [0.15, 0.2) is 0 Å². The lowest BCUT2D eigenvalue weighted by molar-refractivity contribution is -0.156. The van der Waals surface area contributed by atoms with Crippen LogP contribution in [0.5, 0.6) is 0 Å². The second-order valence-corrected chi connectivity index (χ2v) is 3.67. The van der Waals surface area contributed by atoms with Gasteiger partial charge in [-0.1, -0.05) is 0 Å². The molecule has 0 aliphatic carbocycles. The first-order valence-electron chi connectivity index (χ1n) is 4.99. The predicted octanol–water partition coefficient (Wildman–Crippen LogP) is 0.185. The van der Waals surface area contributed by atoms with E-state index < -0.39 is 0 Å². The number of piperidine rings is 1. The predicted molar refractivity (Wildman–Crippen MR) is 53.2 cm³/mol. The summed E-state index contributed by atoms with van der Waals surface area (Å²) in [6.07, 6.45) is 2.30. The minimum absolute atomic E-state index is 0.286. The summed E-state index contributed by atoms with van der Waals surface area (Å²) < 4.78 is 9.38. The van der Waals surface area contributed by atoms with Gasteiger partial charge in [0.2, 0.25) is 0 Å². The van der Waals surface area contributed by atoms with E-state index in [1.165, 1.54) is 14.2 Å². The number of carbonyl (C=O) groups is 2. The average Bonchev–Trinajstić information content (AvgIpc) is 2.27. The molecule has 0 unspecified atom stereocenters. The minimum atomic E-state index is -0.326. The highest BCUT2D eigenvalue weighted by atomic mass is 16.5. The van der Waals surface area contributed by atoms with Crippen molar-refractivity contribution in [3.8, 4) is 0 Å². The number of likely N-dealkylation sites (tertiary alicyclic amines) is 1. The number of hydrogen-bond donors (Lipinski definition) is 0. The Labute approximate surface area is 89.3 Å². The maximum Gasteiger partial charge on any atom is 0.323 e. The molecule has 1 aliphatic rings. The number of methoxy groups -OCH3 is 2. The molecular weight excluding hydrogens is 198 g/mol. The summed E-state index contributed by atoms with van der Waals surface area (Å²) in [6.45, 7) is 0. The number of likely N-dealkylation sites (N-methyl/N-ethyl adjacent to an activating group) is 1. The van der Waals surface area contributed by atoms with Crippen LogP contribution in [-0.4, -0.2) is 50.2 Å². The molecule has 0 bridgehead atoms. The first-order chi connectivity index (χ1) is 7.11. The minimum Gasteiger partial charge on any atom is -0.468 e. The summed E-state index contributed by atoms with van der Waals surface area (Å²) in [6, 6.07) is -0.652. The van der Waals surface area contributed by atoms with E-state index >= 15 is 0 Å². The van der Waals surface area contributed by atoms with Gasteiger partial charge in [-0.25, -0.2) is 0 Å². The standard InChI is InChI=1S/C10H17NO4/c1-11-7(9(12)14-2)5-4-6-8(11)10(13)15-3/h7-8H,4-6H2,1-3H3/t7-,8+. The molecule has 2 atom stereocenters. The van der Waals surface area contributed by atoms with Gasteiger partial charge in [0, 0.05) is 0 Å². The van der Waals surface area contributed by atoms with E-state index in [0.29, 0.717) is 0 Å². The largest absolute Gasteiger partial charge is 0.468 e. The van der Waals surface area contributed by atoms with Crippen LogP contribution in [0.2, 0.25) is 0 Å². The third-order valence-corrected chi connectivity index (χ3v) is 2.88. The van der Waals surface area contributed by atoms with Crippen molar-refractivity contribution in [3.05, 3.63) is 0 Å². The van der Waals surface area contributed by atoms with Crippen LogP contribution in [0.1, 0.15) is 19.3 Å². The van der Waals surface area contributed by atoms with Crippen LogP contribution in [0, 0.1) is 0 Å². The fraction of sp³-hybridized carbons (Fsp3) is 0.800. The zero-order valence-corrected chi connectivity index (χ0v) is 9.36. The van der Waals surface area contributed by atoms with E-state index in [2.05, 4.69) is 9.47 Å². The molecule has 1 aliphatic heterocycles. The van der Waals surface area contributed by atoms with Gasteiger partial charge in [0.1, 0.15) is 12.1 Å². The van der Waals surface area contributed by atoms with Gasteiger partial charge >= 0.3 is 11.9 Å². The Morgan fingerprint density at radius 1 is 1.07 bits per heavy atom. The number of hydrogen-bond acceptors (Lipinski definition) is 5. The summed E-state index contributed by atoms with van der Waals surface area (Å²) >= 11 is 0. The molecule has 0 saturated carbocycles. The molecule has 0 spiro atoms. The normalized spacial score (nSPS) is 27.1. The molecule has 15 heavy (non-hydrogen) atoms. The Bertz CT molecular complexity index is 230. The summed E-state index contributed by atoms with van der Waals surface area (Å²) in [4.78, 5) is 24.6. The summed E-state index contributed by atoms with van der Waals surface area (Å²) in [5.74, 6) is -0.572. The lowest BCUT2D eigenvalue weighted by atomic mass is 9.96. The molecule has 0 radical (unpaired) electrons. The fourth-order valence-electron chi connectivity index (χ4n) is 1.97. The lowest BCUT2D eigenvalue weighted by Gasteiger charge is -2.35. The second-order valence-electron chi connectivity index (χ2n) is 3.67. The molecule has 86 valence electrons. The number of nitrogens with zero attached hydrogens (tertiary/aromatic N) is 1. The van der Waals surface area contributed by atoms with E-state index in [0.717, 1.165) is 19.3 Å². The third-order valence-electron chi connectivity index (χ3n) is 2.88. The van der Waals surface area contributed by atoms with Crippen LogP contribution < -0.4 is 0 Å². The second kappa shape index (κ2) is 5.11. The lowest BCUT2D eigenvalue weighted by Crippen LogP contribution is -2.51. The highest BCUT2D eigenvalue weighted by Gasteiger charge is 2.37. The molecule has 0 aromatic heterocycles. The summed E-state index contributed by atoms with van der Waals surface area (Å²) in [7, 11) is 4.47. The monoisotopic (exact) mass is 215 g/mol. The first-order valence-corrected chi connectivity index (χ1v) is 4.99.